The van der Waals surface area contributed by atoms with Gasteiger partial charge in [-0.05, 0) is 19.3 Å². The number of likely N-dealkylation sites (tertiary alicyclic amines) is 1. The van der Waals surface area contributed by atoms with Crippen LogP contribution >= 0.6 is 0 Å². The van der Waals surface area contributed by atoms with Crippen molar-refractivity contribution in [3.05, 3.63) is 0 Å². The van der Waals surface area contributed by atoms with Crippen molar-refractivity contribution in [2.75, 3.05) is 13.1 Å². The van der Waals surface area contributed by atoms with Crippen molar-refractivity contribution in [2.45, 2.75) is 38.6 Å². The molecule has 1 unspecified atom stereocenters. The minimum atomic E-state index is 0.428. The summed E-state index contributed by atoms with van der Waals surface area (Å²) in [7, 11) is 0. The summed E-state index contributed by atoms with van der Waals surface area (Å²) in [5.41, 5.74) is 0. The maximum absolute atomic E-state index is 11.0. The molecule has 1 aliphatic carbocycles. The maximum Gasteiger partial charge on any atom is 0.148 e. The van der Waals surface area contributed by atoms with Crippen LogP contribution in [0.5, 0.6) is 0 Å². The number of ketones is 1. The van der Waals surface area contributed by atoms with Crippen molar-refractivity contribution >= 4 is 5.78 Å². The summed E-state index contributed by atoms with van der Waals surface area (Å²) in [5, 5.41) is 0. The number of carbonyl (C=O) groups is 1. The van der Waals surface area contributed by atoms with Gasteiger partial charge in [0, 0.05) is 19.0 Å². The van der Waals surface area contributed by atoms with Gasteiger partial charge in [0.15, 0.2) is 0 Å². The van der Waals surface area contributed by atoms with Gasteiger partial charge in [-0.25, -0.2) is 0 Å². The lowest BCUT2D eigenvalue weighted by Gasteiger charge is -2.22. The van der Waals surface area contributed by atoms with Gasteiger partial charge in [-0.2, -0.15) is 0 Å². The van der Waals surface area contributed by atoms with Crippen LogP contribution in [0.3, 0.4) is 0 Å². The second-order valence-corrected chi connectivity index (χ2v) is 4.29. The highest BCUT2D eigenvalue weighted by atomic mass is 16.1. The van der Waals surface area contributed by atoms with E-state index < -0.39 is 0 Å². The highest BCUT2D eigenvalue weighted by Gasteiger charge is 2.29. The SMILES string of the molecule is CC(CC1CC1)N1CCC(=O)C1. The molecular weight excluding hydrogens is 150 g/mol. The Kier molecular flexibility index (Phi) is 2.18. The Morgan fingerprint density at radius 2 is 2.33 bits per heavy atom. The molecule has 0 amide bonds. The highest BCUT2D eigenvalue weighted by molar-refractivity contribution is 5.82. The molecule has 0 radical (unpaired) electrons. The lowest BCUT2D eigenvalue weighted by atomic mass is 10.1. The van der Waals surface area contributed by atoms with Gasteiger partial charge in [-0.15, -0.1) is 0 Å². The minimum Gasteiger partial charge on any atom is -0.298 e. The van der Waals surface area contributed by atoms with Crippen molar-refractivity contribution in [2.24, 2.45) is 5.92 Å². The fourth-order valence-electron chi connectivity index (χ4n) is 2.01. The Morgan fingerprint density at radius 1 is 1.58 bits per heavy atom. The molecule has 0 aromatic carbocycles. The fourth-order valence-corrected chi connectivity index (χ4v) is 2.01. The Hall–Kier alpha value is -0.370. The average molecular weight is 167 g/mol. The largest absolute Gasteiger partial charge is 0.298 e. The van der Waals surface area contributed by atoms with Crippen LogP contribution in [0.2, 0.25) is 0 Å². The molecule has 0 bridgehead atoms. The van der Waals surface area contributed by atoms with Gasteiger partial charge in [0.2, 0.25) is 0 Å². The predicted molar refractivity (Wildman–Crippen MR) is 48.0 cm³/mol. The zero-order chi connectivity index (χ0) is 8.55. The molecule has 2 rings (SSSR count). The molecule has 12 heavy (non-hydrogen) atoms. The van der Waals surface area contributed by atoms with Crippen LogP contribution in [0, 0.1) is 5.92 Å². The second kappa shape index (κ2) is 3.17. The standard InChI is InChI=1S/C10H17NO/c1-8(6-9-2-3-9)11-5-4-10(12)7-11/h8-9H,2-7H2,1H3. The molecule has 2 aliphatic rings. The highest BCUT2D eigenvalue weighted by Crippen LogP contribution is 2.34. The number of carbonyl (C=O) groups excluding carboxylic acids is 1. The van der Waals surface area contributed by atoms with Crippen LogP contribution in [-0.2, 0) is 4.79 Å². The van der Waals surface area contributed by atoms with Crippen molar-refractivity contribution in [1.82, 2.24) is 4.90 Å². The summed E-state index contributed by atoms with van der Waals surface area (Å²) in [6.07, 6.45) is 4.94. The topological polar surface area (TPSA) is 20.3 Å². The van der Waals surface area contributed by atoms with Gasteiger partial charge in [0.25, 0.3) is 0 Å². The summed E-state index contributed by atoms with van der Waals surface area (Å²) in [5.74, 6) is 1.41. The molecule has 1 saturated carbocycles. The molecule has 0 spiro atoms. The lowest BCUT2D eigenvalue weighted by molar-refractivity contribution is -0.117. The first-order valence-electron chi connectivity index (χ1n) is 5.01. The maximum atomic E-state index is 11.0. The predicted octanol–water partition coefficient (Wildman–Crippen LogP) is 1.45. The number of Topliss-reactive ketones (excluding diaryl/α,β-unsaturated/α-hetero) is 1. The summed E-state index contributed by atoms with van der Waals surface area (Å²) in [6.45, 7) is 3.98. The van der Waals surface area contributed by atoms with E-state index in [0.29, 0.717) is 18.4 Å². The molecule has 2 heteroatoms. The van der Waals surface area contributed by atoms with Gasteiger partial charge in [0.1, 0.15) is 5.78 Å². The number of nitrogens with zero attached hydrogens (tertiary/aromatic N) is 1. The minimum absolute atomic E-state index is 0.428. The molecule has 0 aromatic rings. The Morgan fingerprint density at radius 3 is 2.83 bits per heavy atom. The molecule has 1 atom stereocenters. The van der Waals surface area contributed by atoms with Gasteiger partial charge in [0.05, 0.1) is 6.54 Å². The quantitative estimate of drug-likeness (QED) is 0.634. The number of hydrogen-bond donors (Lipinski definition) is 0. The van der Waals surface area contributed by atoms with E-state index in [-0.39, 0.29) is 0 Å². The van der Waals surface area contributed by atoms with E-state index in [2.05, 4.69) is 11.8 Å². The fraction of sp³-hybridized carbons (Fsp3) is 0.900. The third-order valence-electron chi connectivity index (χ3n) is 3.05. The van der Waals surface area contributed by atoms with E-state index in [1.807, 2.05) is 0 Å². The molecule has 2 nitrogen and oxygen atoms in total. The van der Waals surface area contributed by atoms with E-state index in [0.717, 1.165) is 18.9 Å². The Labute approximate surface area is 73.9 Å². The van der Waals surface area contributed by atoms with E-state index >= 15 is 0 Å². The molecule has 1 saturated heterocycles. The molecule has 68 valence electrons. The van der Waals surface area contributed by atoms with Crippen molar-refractivity contribution in [1.29, 1.82) is 0 Å². The Bertz CT molecular complexity index is 186. The monoisotopic (exact) mass is 167 g/mol. The van der Waals surface area contributed by atoms with E-state index in [4.69, 9.17) is 0 Å². The third kappa shape index (κ3) is 1.86. The van der Waals surface area contributed by atoms with Gasteiger partial charge in [-0.3, -0.25) is 9.69 Å². The van der Waals surface area contributed by atoms with Gasteiger partial charge < -0.3 is 0 Å². The van der Waals surface area contributed by atoms with Crippen LogP contribution in [0.4, 0.5) is 0 Å². The first-order chi connectivity index (χ1) is 5.75. The summed E-state index contributed by atoms with van der Waals surface area (Å²) >= 11 is 0. The van der Waals surface area contributed by atoms with Crippen molar-refractivity contribution in [3.8, 4) is 0 Å². The zero-order valence-corrected chi connectivity index (χ0v) is 7.75. The first-order valence-corrected chi connectivity index (χ1v) is 5.01. The lowest BCUT2D eigenvalue weighted by Crippen LogP contribution is -2.31. The van der Waals surface area contributed by atoms with Gasteiger partial charge >= 0.3 is 0 Å². The normalized spacial score (nSPS) is 27.9. The van der Waals surface area contributed by atoms with Gasteiger partial charge in [-0.1, -0.05) is 12.8 Å². The molecule has 1 aliphatic heterocycles. The van der Waals surface area contributed by atoms with Crippen LogP contribution in [0.25, 0.3) is 0 Å². The molecule has 0 aromatic heterocycles. The van der Waals surface area contributed by atoms with Crippen LogP contribution in [-0.4, -0.2) is 29.8 Å². The molecule has 0 N–H and O–H groups in total. The van der Waals surface area contributed by atoms with Crippen molar-refractivity contribution in [3.63, 3.8) is 0 Å². The molecular formula is C10H17NO. The molecule has 2 fully saturated rings. The smallest absolute Gasteiger partial charge is 0.148 e. The van der Waals surface area contributed by atoms with Crippen LogP contribution in [0.1, 0.15) is 32.6 Å². The number of hydrogen-bond acceptors (Lipinski definition) is 2. The van der Waals surface area contributed by atoms with E-state index in [1.54, 1.807) is 0 Å². The summed E-state index contributed by atoms with van der Waals surface area (Å²) < 4.78 is 0. The van der Waals surface area contributed by atoms with Crippen LogP contribution < -0.4 is 0 Å². The van der Waals surface area contributed by atoms with Crippen LogP contribution in [0.15, 0.2) is 0 Å². The second-order valence-electron chi connectivity index (χ2n) is 4.29. The number of rotatable bonds is 3. The average Bonchev–Trinajstić information content (AvgIpc) is 2.72. The van der Waals surface area contributed by atoms with E-state index in [1.165, 1.54) is 19.3 Å². The van der Waals surface area contributed by atoms with Crippen molar-refractivity contribution < 1.29 is 4.79 Å². The third-order valence-corrected chi connectivity index (χ3v) is 3.05. The first kappa shape index (κ1) is 8.24. The summed E-state index contributed by atoms with van der Waals surface area (Å²) in [6, 6.07) is 0.643. The Balaban J connectivity index is 1.78. The summed E-state index contributed by atoms with van der Waals surface area (Å²) in [4.78, 5) is 13.4. The zero-order valence-electron chi connectivity index (χ0n) is 7.75. The van der Waals surface area contributed by atoms with E-state index in [9.17, 15) is 4.79 Å². The molecule has 1 heterocycles.